The Bertz CT molecular complexity index is 414. The Morgan fingerprint density at radius 3 is 1.50 bits per heavy atom. The van der Waals surface area contributed by atoms with E-state index in [1.165, 1.54) is 12.8 Å². The van der Waals surface area contributed by atoms with E-state index in [2.05, 4.69) is 27.7 Å². The predicted octanol–water partition coefficient (Wildman–Crippen LogP) is 3.70. The highest BCUT2D eigenvalue weighted by molar-refractivity contribution is 5.89. The van der Waals surface area contributed by atoms with E-state index in [1.54, 1.807) is 0 Å². The summed E-state index contributed by atoms with van der Waals surface area (Å²) >= 11 is 0. The van der Waals surface area contributed by atoms with Gasteiger partial charge in [-0.2, -0.15) is 0 Å². The van der Waals surface area contributed by atoms with Crippen molar-refractivity contribution in [3.8, 4) is 0 Å². The lowest BCUT2D eigenvalue weighted by Crippen LogP contribution is -2.33. The SMILES string of the molecule is CC(C)[C@@H]1COC([C@@H]2CCCC[C@H]2C2=N[C@H](C(C)C)CO2)=N1. The third-order valence-electron chi connectivity index (χ3n) is 5.33. The molecule has 0 bridgehead atoms. The maximum atomic E-state index is 5.97. The molecule has 4 nitrogen and oxygen atoms in total. The maximum absolute atomic E-state index is 5.97. The molecular formula is C18H30N2O2. The molecule has 0 N–H and O–H groups in total. The molecule has 0 saturated heterocycles. The topological polar surface area (TPSA) is 43.2 Å². The van der Waals surface area contributed by atoms with Crippen LogP contribution in [-0.4, -0.2) is 37.1 Å². The van der Waals surface area contributed by atoms with Crippen molar-refractivity contribution in [2.24, 2.45) is 33.7 Å². The average Bonchev–Trinajstić information content (AvgIpc) is 3.17. The third-order valence-corrected chi connectivity index (χ3v) is 5.33. The Balaban J connectivity index is 1.75. The van der Waals surface area contributed by atoms with Crippen LogP contribution in [0.5, 0.6) is 0 Å². The quantitative estimate of drug-likeness (QED) is 0.795. The van der Waals surface area contributed by atoms with Crippen molar-refractivity contribution >= 4 is 11.8 Å². The van der Waals surface area contributed by atoms with Crippen molar-refractivity contribution in [2.45, 2.75) is 65.5 Å². The van der Waals surface area contributed by atoms with Crippen molar-refractivity contribution < 1.29 is 9.47 Å². The van der Waals surface area contributed by atoms with Crippen LogP contribution in [0.3, 0.4) is 0 Å². The van der Waals surface area contributed by atoms with E-state index < -0.39 is 0 Å². The minimum absolute atomic E-state index is 0.326. The molecule has 0 aromatic rings. The van der Waals surface area contributed by atoms with Crippen LogP contribution in [0.4, 0.5) is 0 Å². The van der Waals surface area contributed by atoms with Gasteiger partial charge in [-0.3, -0.25) is 0 Å². The molecule has 0 spiro atoms. The number of aliphatic imine (C=N–C) groups is 2. The molecule has 22 heavy (non-hydrogen) atoms. The molecule has 0 radical (unpaired) electrons. The fraction of sp³-hybridized carbons (Fsp3) is 0.889. The number of ether oxygens (including phenoxy) is 2. The molecule has 1 fully saturated rings. The Kier molecular flexibility index (Phi) is 4.74. The van der Waals surface area contributed by atoms with Gasteiger partial charge in [-0.25, -0.2) is 9.98 Å². The second-order valence-electron chi connectivity index (χ2n) is 7.68. The van der Waals surface area contributed by atoms with Gasteiger partial charge >= 0.3 is 0 Å². The minimum atomic E-state index is 0.326. The predicted molar refractivity (Wildman–Crippen MR) is 89.5 cm³/mol. The molecule has 0 unspecified atom stereocenters. The zero-order valence-corrected chi connectivity index (χ0v) is 14.4. The molecular weight excluding hydrogens is 276 g/mol. The number of hydrogen-bond acceptors (Lipinski definition) is 4. The van der Waals surface area contributed by atoms with Gasteiger partial charge in [0, 0.05) is 11.8 Å². The fourth-order valence-corrected chi connectivity index (χ4v) is 3.63. The number of rotatable bonds is 4. The molecule has 1 aliphatic carbocycles. The zero-order chi connectivity index (χ0) is 15.7. The van der Waals surface area contributed by atoms with Crippen molar-refractivity contribution in [3.05, 3.63) is 0 Å². The van der Waals surface area contributed by atoms with Crippen LogP contribution in [0.25, 0.3) is 0 Å². The highest BCUT2D eigenvalue weighted by atomic mass is 16.5. The summed E-state index contributed by atoms with van der Waals surface area (Å²) < 4.78 is 11.9. The van der Waals surface area contributed by atoms with Crippen molar-refractivity contribution in [2.75, 3.05) is 13.2 Å². The van der Waals surface area contributed by atoms with E-state index in [0.29, 0.717) is 35.8 Å². The molecule has 3 aliphatic rings. The minimum Gasteiger partial charge on any atom is -0.478 e. The normalized spacial score (nSPS) is 35.4. The average molecular weight is 306 g/mol. The van der Waals surface area contributed by atoms with E-state index in [4.69, 9.17) is 19.5 Å². The molecule has 124 valence electrons. The van der Waals surface area contributed by atoms with E-state index >= 15 is 0 Å². The summed E-state index contributed by atoms with van der Waals surface area (Å²) in [7, 11) is 0. The lowest BCUT2D eigenvalue weighted by Gasteiger charge is -2.30. The number of hydrogen-bond donors (Lipinski definition) is 0. The summed E-state index contributed by atoms with van der Waals surface area (Å²) in [5.41, 5.74) is 0. The van der Waals surface area contributed by atoms with Crippen LogP contribution in [0.2, 0.25) is 0 Å². The van der Waals surface area contributed by atoms with Crippen molar-refractivity contribution in [3.63, 3.8) is 0 Å². The first-order valence-corrected chi connectivity index (χ1v) is 8.97. The maximum Gasteiger partial charge on any atom is 0.187 e. The lowest BCUT2D eigenvalue weighted by molar-refractivity contribution is 0.228. The number of nitrogens with zero attached hydrogens (tertiary/aromatic N) is 2. The molecule has 2 aliphatic heterocycles. The largest absolute Gasteiger partial charge is 0.478 e. The Morgan fingerprint density at radius 1 is 0.773 bits per heavy atom. The first-order chi connectivity index (χ1) is 10.6. The van der Waals surface area contributed by atoms with Gasteiger partial charge in [0.05, 0.1) is 12.1 Å². The van der Waals surface area contributed by atoms with Crippen LogP contribution in [0.15, 0.2) is 9.98 Å². The highest BCUT2D eigenvalue weighted by Gasteiger charge is 2.40. The molecule has 4 atom stereocenters. The van der Waals surface area contributed by atoms with Gasteiger partial charge in [0.25, 0.3) is 0 Å². The summed E-state index contributed by atoms with van der Waals surface area (Å²) in [5.74, 6) is 3.80. The van der Waals surface area contributed by atoms with Gasteiger partial charge in [-0.1, -0.05) is 40.5 Å². The van der Waals surface area contributed by atoms with Crippen LogP contribution in [-0.2, 0) is 9.47 Å². The highest BCUT2D eigenvalue weighted by Crippen LogP contribution is 2.36. The molecule has 4 heteroatoms. The molecule has 0 aromatic heterocycles. The van der Waals surface area contributed by atoms with Crippen molar-refractivity contribution in [1.82, 2.24) is 0 Å². The van der Waals surface area contributed by atoms with Crippen molar-refractivity contribution in [1.29, 1.82) is 0 Å². The van der Waals surface area contributed by atoms with Crippen LogP contribution in [0, 0.1) is 23.7 Å². The van der Waals surface area contributed by atoms with Crippen LogP contribution < -0.4 is 0 Å². The summed E-state index contributed by atoms with van der Waals surface area (Å²) in [6.07, 6.45) is 4.83. The Morgan fingerprint density at radius 2 is 1.18 bits per heavy atom. The fourth-order valence-electron chi connectivity index (χ4n) is 3.63. The molecule has 3 rings (SSSR count). The smallest absolute Gasteiger partial charge is 0.187 e. The van der Waals surface area contributed by atoms with E-state index in [9.17, 15) is 0 Å². The molecule has 0 amide bonds. The summed E-state index contributed by atoms with van der Waals surface area (Å²) in [6, 6.07) is 0.653. The van der Waals surface area contributed by atoms with Crippen LogP contribution >= 0.6 is 0 Å². The molecule has 0 aromatic carbocycles. The lowest BCUT2D eigenvalue weighted by atomic mass is 9.78. The second kappa shape index (κ2) is 6.59. The first kappa shape index (κ1) is 15.8. The summed E-state index contributed by atoms with van der Waals surface area (Å²) in [4.78, 5) is 9.74. The monoisotopic (exact) mass is 306 g/mol. The Hall–Kier alpha value is -1.06. The van der Waals surface area contributed by atoms with E-state index in [0.717, 1.165) is 37.9 Å². The van der Waals surface area contributed by atoms with Gasteiger partial charge < -0.3 is 9.47 Å². The van der Waals surface area contributed by atoms with E-state index in [-0.39, 0.29) is 0 Å². The first-order valence-electron chi connectivity index (χ1n) is 8.97. The van der Waals surface area contributed by atoms with Gasteiger partial charge in [0.1, 0.15) is 13.2 Å². The van der Waals surface area contributed by atoms with Gasteiger partial charge in [-0.05, 0) is 24.7 Å². The second-order valence-corrected chi connectivity index (χ2v) is 7.68. The molecule has 2 heterocycles. The van der Waals surface area contributed by atoms with E-state index in [1.807, 2.05) is 0 Å². The zero-order valence-electron chi connectivity index (χ0n) is 14.4. The standard InChI is InChI=1S/C18H30N2O2/c1-11(2)15-9-21-17(19-15)13-7-5-6-8-14(13)18-20-16(10-22-18)12(3)4/h11-16H,5-10H2,1-4H3/t13-,14-,15+,16+/m1/s1. The van der Waals surface area contributed by atoms with Gasteiger partial charge in [0.2, 0.25) is 0 Å². The summed E-state index contributed by atoms with van der Waals surface area (Å²) in [5, 5.41) is 0. The van der Waals surface area contributed by atoms with Gasteiger partial charge in [-0.15, -0.1) is 0 Å². The summed E-state index contributed by atoms with van der Waals surface area (Å²) in [6.45, 7) is 10.4. The third kappa shape index (κ3) is 3.16. The van der Waals surface area contributed by atoms with Gasteiger partial charge in [0.15, 0.2) is 11.8 Å². The Labute approximate surface area is 134 Å². The molecule has 1 saturated carbocycles. The van der Waals surface area contributed by atoms with Crippen LogP contribution in [0.1, 0.15) is 53.4 Å².